The SMILES string of the molecule is CCCCC#Cc1ccc(N(NC(=O)c2ccccc2)C(=O)c2ccccc2)cc1. The van der Waals surface area contributed by atoms with Crippen LogP contribution in [0.4, 0.5) is 5.69 Å². The van der Waals surface area contributed by atoms with E-state index in [-0.39, 0.29) is 11.8 Å². The minimum absolute atomic E-state index is 0.318. The molecule has 0 heterocycles. The van der Waals surface area contributed by atoms with Crippen molar-refractivity contribution in [3.8, 4) is 11.8 Å². The zero-order chi connectivity index (χ0) is 21.2. The molecule has 3 rings (SSSR count). The molecule has 0 aliphatic carbocycles. The average Bonchev–Trinajstić information content (AvgIpc) is 2.81. The second-order valence-electron chi connectivity index (χ2n) is 6.77. The Morgan fingerprint density at radius 1 is 0.833 bits per heavy atom. The lowest BCUT2D eigenvalue weighted by Crippen LogP contribution is -2.46. The van der Waals surface area contributed by atoms with Crippen LogP contribution in [0.25, 0.3) is 0 Å². The van der Waals surface area contributed by atoms with Crippen molar-refractivity contribution in [2.75, 3.05) is 5.01 Å². The standard InChI is InChI=1S/C26H24N2O2/c1-2-3-4-7-12-21-17-19-24(20-18-21)28(26(30)23-15-10-6-11-16-23)27-25(29)22-13-8-5-9-14-22/h5-6,8-11,13-20H,2-4H2,1H3,(H,27,29). The first-order valence-electron chi connectivity index (χ1n) is 10.0. The van der Waals surface area contributed by atoms with Crippen LogP contribution in [0.1, 0.15) is 52.5 Å². The number of nitrogens with one attached hydrogen (secondary N) is 1. The van der Waals surface area contributed by atoms with Crippen molar-refractivity contribution in [2.24, 2.45) is 0 Å². The molecule has 0 unspecified atom stereocenters. The van der Waals surface area contributed by atoms with Crippen molar-refractivity contribution < 1.29 is 9.59 Å². The third-order valence-corrected chi connectivity index (χ3v) is 4.49. The lowest BCUT2D eigenvalue weighted by Gasteiger charge is -2.23. The van der Waals surface area contributed by atoms with Crippen molar-refractivity contribution in [1.29, 1.82) is 0 Å². The van der Waals surface area contributed by atoms with Gasteiger partial charge in [-0.1, -0.05) is 61.6 Å². The predicted molar refractivity (Wildman–Crippen MR) is 120 cm³/mol. The molecule has 0 aliphatic heterocycles. The van der Waals surface area contributed by atoms with E-state index in [4.69, 9.17) is 0 Å². The molecule has 0 bridgehead atoms. The summed E-state index contributed by atoms with van der Waals surface area (Å²) in [5.41, 5.74) is 5.12. The largest absolute Gasteiger partial charge is 0.277 e. The Hall–Kier alpha value is -3.84. The fourth-order valence-corrected chi connectivity index (χ4v) is 2.82. The van der Waals surface area contributed by atoms with Gasteiger partial charge in [0.05, 0.1) is 5.69 Å². The van der Waals surface area contributed by atoms with Gasteiger partial charge in [-0.05, 0) is 55.0 Å². The van der Waals surface area contributed by atoms with Crippen molar-refractivity contribution >= 4 is 17.5 Å². The highest BCUT2D eigenvalue weighted by Crippen LogP contribution is 2.17. The van der Waals surface area contributed by atoms with Gasteiger partial charge in [-0.25, -0.2) is 5.01 Å². The quantitative estimate of drug-likeness (QED) is 0.365. The Balaban J connectivity index is 1.86. The minimum atomic E-state index is -0.358. The number of nitrogens with zero attached hydrogens (tertiary/aromatic N) is 1. The molecule has 4 nitrogen and oxygen atoms in total. The third kappa shape index (κ3) is 5.59. The minimum Gasteiger partial charge on any atom is -0.267 e. The van der Waals surface area contributed by atoms with E-state index in [1.807, 2.05) is 24.3 Å². The first-order valence-corrected chi connectivity index (χ1v) is 10.0. The van der Waals surface area contributed by atoms with E-state index >= 15 is 0 Å². The third-order valence-electron chi connectivity index (χ3n) is 4.49. The normalized spacial score (nSPS) is 9.90. The van der Waals surface area contributed by atoms with Gasteiger partial charge in [0.25, 0.3) is 11.8 Å². The summed E-state index contributed by atoms with van der Waals surface area (Å²) in [4.78, 5) is 25.8. The number of anilines is 1. The highest BCUT2D eigenvalue weighted by Gasteiger charge is 2.20. The van der Waals surface area contributed by atoms with E-state index in [1.165, 1.54) is 5.01 Å². The summed E-state index contributed by atoms with van der Waals surface area (Å²) in [7, 11) is 0. The number of rotatable bonds is 5. The number of carbonyl (C=O) groups is 2. The lowest BCUT2D eigenvalue weighted by molar-refractivity contribution is 0.0887. The molecule has 4 heteroatoms. The molecule has 0 atom stereocenters. The van der Waals surface area contributed by atoms with Crippen LogP contribution < -0.4 is 10.4 Å². The Bertz CT molecular complexity index is 1030. The summed E-state index contributed by atoms with van der Waals surface area (Å²) in [5.74, 6) is 5.61. The molecule has 3 aromatic carbocycles. The molecule has 3 aromatic rings. The Morgan fingerprint density at radius 2 is 1.43 bits per heavy atom. The van der Waals surface area contributed by atoms with Crippen LogP contribution >= 0.6 is 0 Å². The van der Waals surface area contributed by atoms with Crippen LogP contribution in [0.5, 0.6) is 0 Å². The molecule has 0 fully saturated rings. The van der Waals surface area contributed by atoms with Gasteiger partial charge in [-0.15, -0.1) is 0 Å². The maximum Gasteiger partial charge on any atom is 0.277 e. The Labute approximate surface area is 177 Å². The van der Waals surface area contributed by atoms with Crippen LogP contribution in [-0.4, -0.2) is 11.8 Å². The number of carbonyl (C=O) groups excluding carboxylic acids is 2. The van der Waals surface area contributed by atoms with Crippen LogP contribution in [0.3, 0.4) is 0 Å². The second-order valence-corrected chi connectivity index (χ2v) is 6.77. The summed E-state index contributed by atoms with van der Waals surface area (Å²) < 4.78 is 0. The van der Waals surface area contributed by atoms with Gasteiger partial charge in [0.2, 0.25) is 0 Å². The molecule has 0 radical (unpaired) electrons. The summed E-state index contributed by atoms with van der Waals surface area (Å²) in [6, 6.07) is 25.0. The number of hydrogen-bond donors (Lipinski definition) is 1. The molecule has 0 aliphatic rings. The van der Waals surface area contributed by atoms with Gasteiger partial charge in [-0.2, -0.15) is 0 Å². The molecule has 0 saturated carbocycles. The van der Waals surface area contributed by atoms with E-state index in [9.17, 15) is 9.59 Å². The highest BCUT2D eigenvalue weighted by atomic mass is 16.2. The van der Waals surface area contributed by atoms with E-state index in [0.717, 1.165) is 24.8 Å². The van der Waals surface area contributed by atoms with Crippen molar-refractivity contribution in [1.82, 2.24) is 5.43 Å². The number of hydrogen-bond acceptors (Lipinski definition) is 2. The van der Waals surface area contributed by atoms with E-state index in [1.54, 1.807) is 60.7 Å². The van der Waals surface area contributed by atoms with Gasteiger partial charge in [-0.3, -0.25) is 15.0 Å². The molecular weight excluding hydrogens is 372 g/mol. The second kappa shape index (κ2) is 10.6. The van der Waals surface area contributed by atoms with Gasteiger partial charge < -0.3 is 0 Å². The van der Waals surface area contributed by atoms with Crippen molar-refractivity contribution in [3.05, 3.63) is 102 Å². The van der Waals surface area contributed by atoms with E-state index < -0.39 is 0 Å². The lowest BCUT2D eigenvalue weighted by atomic mass is 10.1. The monoisotopic (exact) mass is 396 g/mol. The zero-order valence-electron chi connectivity index (χ0n) is 17.0. The van der Waals surface area contributed by atoms with Gasteiger partial charge in [0.1, 0.15) is 0 Å². The maximum atomic E-state index is 13.1. The molecule has 2 amide bonds. The van der Waals surface area contributed by atoms with Gasteiger partial charge in [0, 0.05) is 23.1 Å². The molecule has 30 heavy (non-hydrogen) atoms. The summed E-state index contributed by atoms with van der Waals surface area (Å²) in [6.45, 7) is 2.14. The van der Waals surface area contributed by atoms with Crippen LogP contribution in [-0.2, 0) is 0 Å². The topological polar surface area (TPSA) is 49.4 Å². The first-order chi connectivity index (χ1) is 14.7. The molecule has 0 aromatic heterocycles. The van der Waals surface area contributed by atoms with Crippen LogP contribution in [0, 0.1) is 11.8 Å². The zero-order valence-corrected chi connectivity index (χ0v) is 17.0. The summed E-state index contributed by atoms with van der Waals surface area (Å²) in [5, 5.41) is 1.28. The molecular formula is C26H24N2O2. The predicted octanol–water partition coefficient (Wildman–Crippen LogP) is 5.22. The molecule has 1 N–H and O–H groups in total. The summed E-state index contributed by atoms with van der Waals surface area (Å²) in [6.07, 6.45) is 3.06. The molecule has 0 spiro atoms. The number of unbranched alkanes of at least 4 members (excludes halogenated alkanes) is 2. The Morgan fingerprint density at radius 3 is 2.03 bits per heavy atom. The van der Waals surface area contributed by atoms with E-state index in [0.29, 0.717) is 16.8 Å². The number of benzene rings is 3. The number of amides is 2. The van der Waals surface area contributed by atoms with Crippen LogP contribution in [0.15, 0.2) is 84.9 Å². The van der Waals surface area contributed by atoms with Gasteiger partial charge >= 0.3 is 0 Å². The highest BCUT2D eigenvalue weighted by molar-refractivity contribution is 6.09. The van der Waals surface area contributed by atoms with Crippen molar-refractivity contribution in [3.63, 3.8) is 0 Å². The Kier molecular flexibility index (Phi) is 7.40. The van der Waals surface area contributed by atoms with E-state index in [2.05, 4.69) is 24.2 Å². The van der Waals surface area contributed by atoms with Crippen LogP contribution in [0.2, 0.25) is 0 Å². The first kappa shape index (κ1) is 20.9. The summed E-state index contributed by atoms with van der Waals surface area (Å²) >= 11 is 0. The smallest absolute Gasteiger partial charge is 0.267 e. The fourth-order valence-electron chi connectivity index (χ4n) is 2.82. The average molecular weight is 396 g/mol. The number of hydrazine groups is 1. The molecule has 150 valence electrons. The van der Waals surface area contributed by atoms with Gasteiger partial charge in [0.15, 0.2) is 0 Å². The van der Waals surface area contributed by atoms with Crippen molar-refractivity contribution in [2.45, 2.75) is 26.2 Å². The fraction of sp³-hybridized carbons (Fsp3) is 0.154. The molecule has 0 saturated heterocycles. The maximum absolute atomic E-state index is 13.1.